The molecule has 2 aromatic rings. The fourth-order valence-corrected chi connectivity index (χ4v) is 8.52. The number of hydrogen-bond acceptors (Lipinski definition) is 2. The maximum atomic E-state index is 12.1. The predicted octanol–water partition coefficient (Wildman–Crippen LogP) is 6.80. The van der Waals surface area contributed by atoms with Gasteiger partial charge in [-0.1, -0.05) is 37.1 Å². The van der Waals surface area contributed by atoms with Gasteiger partial charge in [-0.15, -0.1) is 0 Å². The van der Waals surface area contributed by atoms with Crippen LogP contribution < -0.4 is 0 Å². The van der Waals surface area contributed by atoms with Gasteiger partial charge in [0.1, 0.15) is 0 Å². The van der Waals surface area contributed by atoms with Gasteiger partial charge in [0.05, 0.1) is 5.69 Å². The molecule has 6 atom stereocenters. The highest BCUT2D eigenvalue weighted by molar-refractivity contribution is 5.91. The zero-order valence-corrected chi connectivity index (χ0v) is 19.8. The number of ketones is 1. The lowest BCUT2D eigenvalue weighted by atomic mass is 9.47. The largest absolute Gasteiger partial charge is 0.295 e. The van der Waals surface area contributed by atoms with Crippen LogP contribution in [0.3, 0.4) is 0 Å². The van der Waals surface area contributed by atoms with E-state index >= 15 is 0 Å². The molecule has 0 amide bonds. The van der Waals surface area contributed by atoms with Crippen molar-refractivity contribution in [1.29, 1.82) is 0 Å². The smallest absolute Gasteiger partial charge is 0.155 e. The molecule has 4 aliphatic rings. The van der Waals surface area contributed by atoms with E-state index in [4.69, 9.17) is 5.10 Å². The molecule has 3 fully saturated rings. The van der Waals surface area contributed by atoms with Crippen LogP contribution in [0.1, 0.15) is 82.4 Å². The van der Waals surface area contributed by atoms with Crippen LogP contribution in [0, 0.1) is 35.5 Å². The van der Waals surface area contributed by atoms with Crippen LogP contribution in [0.2, 0.25) is 0 Å². The van der Waals surface area contributed by atoms with E-state index in [0.29, 0.717) is 17.1 Å². The van der Waals surface area contributed by atoms with E-state index in [9.17, 15) is 4.79 Å². The summed E-state index contributed by atoms with van der Waals surface area (Å²) in [5.41, 5.74) is 5.97. The second-order valence-electron chi connectivity index (χ2n) is 11.6. The van der Waals surface area contributed by atoms with E-state index in [1.54, 1.807) is 0 Å². The van der Waals surface area contributed by atoms with Gasteiger partial charge >= 0.3 is 0 Å². The lowest BCUT2D eigenvalue weighted by Gasteiger charge is -2.58. The van der Waals surface area contributed by atoms with Crippen molar-refractivity contribution in [2.45, 2.75) is 78.1 Å². The van der Waals surface area contributed by atoms with Crippen LogP contribution in [-0.4, -0.2) is 15.6 Å². The van der Waals surface area contributed by atoms with Gasteiger partial charge in [0.25, 0.3) is 0 Å². The molecule has 0 radical (unpaired) electrons. The highest BCUT2D eigenvalue weighted by atomic mass is 16.1. The van der Waals surface area contributed by atoms with E-state index in [-0.39, 0.29) is 5.41 Å². The van der Waals surface area contributed by atoms with Crippen molar-refractivity contribution in [3.8, 4) is 5.69 Å². The van der Waals surface area contributed by atoms with Crippen molar-refractivity contribution >= 4 is 5.78 Å². The summed E-state index contributed by atoms with van der Waals surface area (Å²) < 4.78 is 2.21. The van der Waals surface area contributed by atoms with Crippen LogP contribution in [0.4, 0.5) is 0 Å². The molecule has 168 valence electrons. The molecule has 3 heteroatoms. The fourth-order valence-electron chi connectivity index (χ4n) is 8.52. The Morgan fingerprint density at radius 2 is 1.75 bits per heavy atom. The molecule has 0 unspecified atom stereocenters. The van der Waals surface area contributed by atoms with Crippen molar-refractivity contribution in [3.05, 3.63) is 59.4 Å². The summed E-state index contributed by atoms with van der Waals surface area (Å²) in [6.07, 6.45) is 13.5. The number of carbonyl (C=O) groups is 1. The number of carbonyl (C=O) groups excluding carboxylic acids is 1. The van der Waals surface area contributed by atoms with Gasteiger partial charge < -0.3 is 0 Å². The summed E-state index contributed by atoms with van der Waals surface area (Å²) in [4.78, 5) is 12.1. The van der Waals surface area contributed by atoms with Gasteiger partial charge in [0.2, 0.25) is 0 Å². The highest BCUT2D eigenvalue weighted by Gasteiger charge is 2.59. The average molecular weight is 429 g/mol. The highest BCUT2D eigenvalue weighted by Crippen LogP contribution is 2.68. The summed E-state index contributed by atoms with van der Waals surface area (Å²) in [7, 11) is 0. The first-order valence-corrected chi connectivity index (χ1v) is 12.7. The molecule has 1 aromatic heterocycles. The van der Waals surface area contributed by atoms with E-state index in [1.165, 1.54) is 54.6 Å². The van der Waals surface area contributed by atoms with Gasteiger partial charge in [-0.3, -0.25) is 4.79 Å². The summed E-state index contributed by atoms with van der Waals surface area (Å²) >= 11 is 0. The Hall–Kier alpha value is -2.16. The molecular weight excluding hydrogens is 392 g/mol. The number of rotatable bonds is 2. The number of hydrogen-bond donors (Lipinski definition) is 0. The lowest BCUT2D eigenvalue weighted by Crippen LogP contribution is -2.50. The normalized spacial score (nSPS) is 38.6. The van der Waals surface area contributed by atoms with Crippen molar-refractivity contribution in [2.24, 2.45) is 28.6 Å². The number of benzene rings is 1. The molecular formula is C29H36N2O. The van der Waals surface area contributed by atoms with E-state index < -0.39 is 0 Å². The van der Waals surface area contributed by atoms with Crippen LogP contribution in [0.25, 0.3) is 5.69 Å². The lowest BCUT2D eigenvalue weighted by molar-refractivity contribution is -0.117. The molecule has 3 saturated carbocycles. The number of fused-ring (bicyclic) bond motifs is 5. The molecule has 0 N–H and O–H groups in total. The Balaban J connectivity index is 1.32. The Morgan fingerprint density at radius 1 is 0.938 bits per heavy atom. The van der Waals surface area contributed by atoms with E-state index in [0.717, 1.165) is 37.0 Å². The number of aromatic nitrogens is 2. The molecule has 0 aliphatic heterocycles. The van der Waals surface area contributed by atoms with Gasteiger partial charge in [0.15, 0.2) is 5.78 Å². The van der Waals surface area contributed by atoms with E-state index in [2.05, 4.69) is 55.8 Å². The van der Waals surface area contributed by atoms with Gasteiger partial charge in [-0.25, -0.2) is 4.68 Å². The number of allylic oxidation sites excluding steroid dienone is 1. The van der Waals surface area contributed by atoms with Gasteiger partial charge in [0, 0.05) is 24.2 Å². The zero-order valence-electron chi connectivity index (χ0n) is 19.8. The summed E-state index contributed by atoms with van der Waals surface area (Å²) in [5.74, 6) is 3.31. The molecule has 1 aromatic carbocycles. The Kier molecular flexibility index (Phi) is 4.58. The third-order valence-corrected chi connectivity index (χ3v) is 10.3. The van der Waals surface area contributed by atoms with Crippen LogP contribution in [0.5, 0.6) is 0 Å². The molecule has 0 spiro atoms. The number of nitrogens with zero attached hydrogens (tertiary/aromatic N) is 2. The number of aryl methyl sites for hydroxylation is 1. The standard InChI is InChI=1S/C29H36N2O/c1-19-4-7-21(8-5-19)31-27(14-17-30-31)26-11-10-24-23-9-6-20-18-22(32)12-15-28(20,2)25(23)13-16-29(24,26)3/h4-5,7-8,14,17-18,23-26H,6,9-13,15-16H2,1-3H3/t23-,24-,25-,26+,28-,29-/m0/s1. The summed E-state index contributed by atoms with van der Waals surface area (Å²) in [6, 6.07) is 11.1. The molecule has 6 rings (SSSR count). The zero-order chi connectivity index (χ0) is 22.1. The Morgan fingerprint density at radius 3 is 2.56 bits per heavy atom. The molecule has 32 heavy (non-hydrogen) atoms. The second-order valence-corrected chi connectivity index (χ2v) is 11.6. The van der Waals surface area contributed by atoms with Crippen LogP contribution in [-0.2, 0) is 4.79 Å². The van der Waals surface area contributed by atoms with E-state index in [1.807, 2.05) is 12.3 Å². The third-order valence-electron chi connectivity index (χ3n) is 10.3. The van der Waals surface area contributed by atoms with Crippen molar-refractivity contribution in [3.63, 3.8) is 0 Å². The average Bonchev–Trinajstić information content (AvgIpc) is 3.38. The minimum Gasteiger partial charge on any atom is -0.295 e. The third kappa shape index (κ3) is 2.85. The first kappa shape index (κ1) is 20.4. The molecule has 0 bridgehead atoms. The fraction of sp³-hybridized carbons (Fsp3) is 0.586. The Bertz CT molecular complexity index is 1080. The minimum atomic E-state index is 0.264. The second kappa shape index (κ2) is 7.17. The summed E-state index contributed by atoms with van der Waals surface area (Å²) in [5, 5.41) is 4.76. The maximum absolute atomic E-state index is 12.1. The predicted molar refractivity (Wildman–Crippen MR) is 128 cm³/mol. The molecule has 1 heterocycles. The monoisotopic (exact) mass is 428 g/mol. The van der Waals surface area contributed by atoms with Gasteiger partial charge in [-0.05, 0) is 105 Å². The summed E-state index contributed by atoms with van der Waals surface area (Å²) in [6.45, 7) is 7.22. The first-order valence-electron chi connectivity index (χ1n) is 12.7. The Labute approximate surface area is 192 Å². The van der Waals surface area contributed by atoms with Crippen molar-refractivity contribution < 1.29 is 4.79 Å². The molecule has 4 aliphatic carbocycles. The minimum absolute atomic E-state index is 0.264. The quantitative estimate of drug-likeness (QED) is 0.527. The molecule has 3 nitrogen and oxygen atoms in total. The van der Waals surface area contributed by atoms with Gasteiger partial charge in [-0.2, -0.15) is 5.10 Å². The van der Waals surface area contributed by atoms with Crippen LogP contribution >= 0.6 is 0 Å². The SMILES string of the molecule is Cc1ccc(-n2nccc2[C@H]2CC[C@H]3[C@@H]4CCC5=CC(=O)CC[C@]5(C)[C@H]4CC[C@]23C)cc1. The van der Waals surface area contributed by atoms with Crippen LogP contribution in [0.15, 0.2) is 48.2 Å². The first-order chi connectivity index (χ1) is 15.4. The maximum Gasteiger partial charge on any atom is 0.155 e. The molecule has 0 saturated heterocycles. The topological polar surface area (TPSA) is 34.9 Å². The van der Waals surface area contributed by atoms with Crippen molar-refractivity contribution in [2.75, 3.05) is 0 Å². The van der Waals surface area contributed by atoms with Crippen molar-refractivity contribution in [1.82, 2.24) is 9.78 Å².